The molecule has 0 atom stereocenters. The Morgan fingerprint density at radius 1 is 1.16 bits per heavy atom. The van der Waals surface area contributed by atoms with E-state index < -0.39 is 5.97 Å². The summed E-state index contributed by atoms with van der Waals surface area (Å²) < 4.78 is 5.19. The lowest BCUT2D eigenvalue weighted by molar-refractivity contribution is -0.137. The smallest absolute Gasteiger partial charge is 0.303 e. The van der Waals surface area contributed by atoms with E-state index in [0.717, 1.165) is 50.5 Å². The number of halogens is 1. The van der Waals surface area contributed by atoms with Gasteiger partial charge >= 0.3 is 5.97 Å². The molecule has 25 heavy (non-hydrogen) atoms. The van der Waals surface area contributed by atoms with Gasteiger partial charge in [-0.2, -0.15) is 0 Å². The molecule has 1 amide bonds. The fraction of sp³-hybridized carbons (Fsp3) is 0.556. The zero-order valence-electron chi connectivity index (χ0n) is 14.6. The number of aliphatic carboxylic acids is 1. The van der Waals surface area contributed by atoms with Gasteiger partial charge < -0.3 is 14.7 Å². The predicted molar refractivity (Wildman–Crippen MR) is 98.5 cm³/mol. The average molecular weight is 371 g/mol. The SMILES string of the molecule is COc1cccc(CC(=O)N2CCN(CCCCC(=O)O)CC2)c1.Cl. The van der Waals surface area contributed by atoms with Crippen molar-refractivity contribution in [1.82, 2.24) is 9.80 Å². The van der Waals surface area contributed by atoms with Crippen LogP contribution in [-0.2, 0) is 16.0 Å². The molecule has 0 bridgehead atoms. The minimum Gasteiger partial charge on any atom is -0.497 e. The molecule has 0 spiro atoms. The lowest BCUT2D eigenvalue weighted by Gasteiger charge is -2.34. The number of hydrogen-bond donors (Lipinski definition) is 1. The summed E-state index contributed by atoms with van der Waals surface area (Å²) in [4.78, 5) is 27.1. The molecule has 2 rings (SSSR count). The normalized spacial score (nSPS) is 14.7. The van der Waals surface area contributed by atoms with Gasteiger partial charge in [-0.15, -0.1) is 12.4 Å². The first kappa shape index (κ1) is 21.3. The van der Waals surface area contributed by atoms with Gasteiger partial charge in [0.25, 0.3) is 0 Å². The third-order valence-corrected chi connectivity index (χ3v) is 4.33. The van der Waals surface area contributed by atoms with Gasteiger partial charge in [-0.05, 0) is 37.1 Å². The van der Waals surface area contributed by atoms with Crippen LogP contribution in [-0.4, -0.2) is 66.6 Å². The molecule has 1 N–H and O–H groups in total. The molecule has 1 aromatic rings. The lowest BCUT2D eigenvalue weighted by atomic mass is 10.1. The zero-order chi connectivity index (χ0) is 17.4. The van der Waals surface area contributed by atoms with Crippen LogP contribution in [0.2, 0.25) is 0 Å². The molecule has 0 saturated carbocycles. The Labute approximate surface area is 155 Å². The molecular weight excluding hydrogens is 344 g/mol. The number of carbonyl (C=O) groups excluding carboxylic acids is 1. The lowest BCUT2D eigenvalue weighted by Crippen LogP contribution is -2.49. The van der Waals surface area contributed by atoms with E-state index in [-0.39, 0.29) is 24.7 Å². The van der Waals surface area contributed by atoms with E-state index in [2.05, 4.69) is 4.90 Å². The summed E-state index contributed by atoms with van der Waals surface area (Å²) in [6.07, 6.45) is 2.24. The standard InChI is InChI=1S/C18H26N2O4.ClH/c1-24-16-6-4-5-15(13-16)14-17(21)20-11-9-19(10-12-20)8-3-2-7-18(22)23;/h4-6,13H,2-3,7-12,14H2,1H3,(H,22,23);1H. The summed E-state index contributed by atoms with van der Waals surface area (Å²) in [7, 11) is 1.62. The Bertz CT molecular complexity index is 560. The summed E-state index contributed by atoms with van der Waals surface area (Å²) in [5, 5.41) is 8.63. The van der Waals surface area contributed by atoms with Gasteiger partial charge in [0.1, 0.15) is 5.75 Å². The Morgan fingerprint density at radius 2 is 1.88 bits per heavy atom. The number of unbranched alkanes of at least 4 members (excludes halogenated alkanes) is 1. The van der Waals surface area contributed by atoms with Crippen LogP contribution in [0.1, 0.15) is 24.8 Å². The third kappa shape index (κ3) is 7.32. The van der Waals surface area contributed by atoms with Crippen molar-refractivity contribution in [2.75, 3.05) is 39.8 Å². The van der Waals surface area contributed by atoms with Crippen LogP contribution in [0.15, 0.2) is 24.3 Å². The maximum atomic E-state index is 12.4. The molecule has 0 aromatic heterocycles. The summed E-state index contributed by atoms with van der Waals surface area (Å²) in [6.45, 7) is 4.10. The fourth-order valence-corrected chi connectivity index (χ4v) is 2.90. The highest BCUT2D eigenvalue weighted by atomic mass is 35.5. The van der Waals surface area contributed by atoms with Crippen molar-refractivity contribution in [3.05, 3.63) is 29.8 Å². The second kappa shape index (κ2) is 10.9. The van der Waals surface area contributed by atoms with E-state index in [4.69, 9.17) is 9.84 Å². The second-order valence-electron chi connectivity index (χ2n) is 6.10. The Hall–Kier alpha value is -1.79. The van der Waals surface area contributed by atoms with Gasteiger partial charge in [-0.1, -0.05) is 12.1 Å². The van der Waals surface area contributed by atoms with Gasteiger partial charge in [0.05, 0.1) is 13.5 Å². The fourth-order valence-electron chi connectivity index (χ4n) is 2.90. The van der Waals surface area contributed by atoms with Crippen molar-refractivity contribution in [2.24, 2.45) is 0 Å². The van der Waals surface area contributed by atoms with Crippen LogP contribution in [0, 0.1) is 0 Å². The van der Waals surface area contributed by atoms with Crippen molar-refractivity contribution in [2.45, 2.75) is 25.7 Å². The molecule has 1 aliphatic rings. The first-order chi connectivity index (χ1) is 11.6. The molecular formula is C18H27ClN2O4. The molecule has 0 unspecified atom stereocenters. The monoisotopic (exact) mass is 370 g/mol. The summed E-state index contributed by atoms with van der Waals surface area (Å²) in [5.41, 5.74) is 0.968. The van der Waals surface area contributed by atoms with E-state index in [1.165, 1.54) is 0 Å². The van der Waals surface area contributed by atoms with Crippen LogP contribution < -0.4 is 4.74 Å². The largest absolute Gasteiger partial charge is 0.497 e. The van der Waals surface area contributed by atoms with Crippen molar-refractivity contribution in [3.63, 3.8) is 0 Å². The summed E-state index contributed by atoms with van der Waals surface area (Å²) in [5.74, 6) is 0.184. The van der Waals surface area contributed by atoms with Gasteiger partial charge in [-0.25, -0.2) is 0 Å². The number of benzene rings is 1. The van der Waals surface area contributed by atoms with Crippen LogP contribution in [0.4, 0.5) is 0 Å². The Balaban J connectivity index is 0.00000312. The molecule has 1 aromatic carbocycles. The highest BCUT2D eigenvalue weighted by molar-refractivity contribution is 5.85. The molecule has 6 nitrogen and oxygen atoms in total. The Morgan fingerprint density at radius 3 is 2.52 bits per heavy atom. The number of hydrogen-bond acceptors (Lipinski definition) is 4. The van der Waals surface area contributed by atoms with Crippen molar-refractivity contribution < 1.29 is 19.4 Å². The first-order valence-electron chi connectivity index (χ1n) is 8.43. The summed E-state index contributed by atoms with van der Waals surface area (Å²) in [6, 6.07) is 7.61. The highest BCUT2D eigenvalue weighted by Crippen LogP contribution is 2.14. The zero-order valence-corrected chi connectivity index (χ0v) is 15.5. The third-order valence-electron chi connectivity index (χ3n) is 4.33. The molecule has 1 heterocycles. The maximum Gasteiger partial charge on any atom is 0.303 e. The second-order valence-corrected chi connectivity index (χ2v) is 6.10. The highest BCUT2D eigenvalue weighted by Gasteiger charge is 2.20. The number of nitrogens with zero attached hydrogens (tertiary/aromatic N) is 2. The quantitative estimate of drug-likeness (QED) is 0.709. The molecule has 0 aliphatic carbocycles. The number of piperazine rings is 1. The summed E-state index contributed by atoms with van der Waals surface area (Å²) >= 11 is 0. The van der Waals surface area contributed by atoms with E-state index in [1.54, 1.807) is 7.11 Å². The molecule has 0 radical (unpaired) electrons. The number of carboxylic acids is 1. The molecule has 1 fully saturated rings. The number of carbonyl (C=O) groups is 2. The number of amides is 1. The van der Waals surface area contributed by atoms with E-state index >= 15 is 0 Å². The van der Waals surface area contributed by atoms with Crippen LogP contribution in [0.5, 0.6) is 5.75 Å². The van der Waals surface area contributed by atoms with Crippen LogP contribution in [0.3, 0.4) is 0 Å². The number of methoxy groups -OCH3 is 1. The maximum absolute atomic E-state index is 12.4. The number of ether oxygens (including phenoxy) is 1. The number of carboxylic acid groups (broad SMARTS) is 1. The van der Waals surface area contributed by atoms with E-state index in [9.17, 15) is 9.59 Å². The van der Waals surface area contributed by atoms with Gasteiger partial charge in [0.2, 0.25) is 5.91 Å². The van der Waals surface area contributed by atoms with Crippen molar-refractivity contribution in [3.8, 4) is 5.75 Å². The van der Waals surface area contributed by atoms with Crippen LogP contribution in [0.25, 0.3) is 0 Å². The first-order valence-corrected chi connectivity index (χ1v) is 8.43. The molecule has 140 valence electrons. The van der Waals surface area contributed by atoms with Gasteiger partial charge in [-0.3, -0.25) is 14.5 Å². The van der Waals surface area contributed by atoms with Crippen LogP contribution >= 0.6 is 12.4 Å². The number of rotatable bonds is 8. The predicted octanol–water partition coefficient (Wildman–Crippen LogP) is 2.06. The van der Waals surface area contributed by atoms with E-state index in [0.29, 0.717) is 12.8 Å². The average Bonchev–Trinajstić information content (AvgIpc) is 2.59. The van der Waals surface area contributed by atoms with Gasteiger partial charge in [0, 0.05) is 32.6 Å². The Kier molecular flexibility index (Phi) is 9.31. The van der Waals surface area contributed by atoms with Crippen molar-refractivity contribution in [1.29, 1.82) is 0 Å². The van der Waals surface area contributed by atoms with Crippen molar-refractivity contribution >= 4 is 24.3 Å². The molecule has 1 saturated heterocycles. The minimum absolute atomic E-state index is 0. The van der Waals surface area contributed by atoms with E-state index in [1.807, 2.05) is 29.2 Å². The van der Waals surface area contributed by atoms with Gasteiger partial charge in [0.15, 0.2) is 0 Å². The molecule has 1 aliphatic heterocycles. The topological polar surface area (TPSA) is 70.1 Å². The molecule has 7 heteroatoms. The minimum atomic E-state index is -0.733.